The summed E-state index contributed by atoms with van der Waals surface area (Å²) in [6.07, 6.45) is 0.185. The molecule has 0 heterocycles. The van der Waals surface area contributed by atoms with Gasteiger partial charge in [0.1, 0.15) is 0 Å². The predicted molar refractivity (Wildman–Crippen MR) is 62.2 cm³/mol. The van der Waals surface area contributed by atoms with E-state index in [1.807, 2.05) is 6.07 Å². The first-order chi connectivity index (χ1) is 7.96. The topological polar surface area (TPSA) is 78.2 Å². The molecule has 1 aliphatic rings. The minimum atomic E-state index is -3.56. The second kappa shape index (κ2) is 3.98. The van der Waals surface area contributed by atoms with Crippen molar-refractivity contribution in [2.75, 3.05) is 6.61 Å². The van der Waals surface area contributed by atoms with Gasteiger partial charge >= 0.3 is 0 Å². The van der Waals surface area contributed by atoms with Gasteiger partial charge in [0.05, 0.1) is 28.2 Å². The fraction of sp³-hybridized carbons (Fsp3) is 0.364. The molecule has 0 amide bonds. The van der Waals surface area contributed by atoms with Gasteiger partial charge in [-0.05, 0) is 30.7 Å². The fourth-order valence-electron chi connectivity index (χ4n) is 1.79. The van der Waals surface area contributed by atoms with Gasteiger partial charge in [-0.15, -0.1) is 0 Å². The molecule has 0 bridgehead atoms. The number of hydrogen-bond donors (Lipinski definition) is 1. The number of rotatable bonds is 3. The molecule has 1 aliphatic carbocycles. The van der Waals surface area contributed by atoms with Crippen LogP contribution in [0, 0.1) is 16.7 Å². The number of nitrogens with zero attached hydrogens (tertiary/aromatic N) is 1. The van der Waals surface area contributed by atoms with E-state index in [4.69, 9.17) is 22.0 Å². The molecule has 2 rings (SSSR count). The van der Waals surface area contributed by atoms with Crippen LogP contribution in [-0.2, 0) is 9.84 Å². The van der Waals surface area contributed by atoms with Crippen molar-refractivity contribution in [3.05, 3.63) is 29.3 Å². The van der Waals surface area contributed by atoms with E-state index in [9.17, 15) is 8.42 Å². The monoisotopic (exact) mass is 271 g/mol. The highest BCUT2D eigenvalue weighted by molar-refractivity contribution is 7.92. The Bertz CT molecular complexity index is 576. The molecule has 17 heavy (non-hydrogen) atoms. The zero-order chi connectivity index (χ0) is 12.7. The zero-order valence-corrected chi connectivity index (χ0v) is 10.4. The van der Waals surface area contributed by atoms with E-state index < -0.39 is 27.1 Å². The highest BCUT2D eigenvalue weighted by Crippen LogP contribution is 2.51. The molecule has 1 aromatic carbocycles. The molecular formula is C11H10ClNO3S. The maximum atomic E-state index is 12.1. The molecule has 0 saturated heterocycles. The summed E-state index contributed by atoms with van der Waals surface area (Å²) in [7, 11) is -3.56. The number of sulfone groups is 1. The molecule has 0 aliphatic heterocycles. The molecule has 6 heteroatoms. The van der Waals surface area contributed by atoms with Crippen molar-refractivity contribution in [2.24, 2.45) is 5.41 Å². The van der Waals surface area contributed by atoms with Crippen molar-refractivity contribution >= 4 is 21.4 Å². The summed E-state index contributed by atoms with van der Waals surface area (Å²) >= 11 is 5.68. The highest BCUT2D eigenvalue weighted by Gasteiger charge is 2.62. The van der Waals surface area contributed by atoms with Crippen LogP contribution in [0.15, 0.2) is 29.2 Å². The second-order valence-electron chi connectivity index (χ2n) is 4.12. The normalized spacial score (nSPS) is 27.5. The lowest BCUT2D eigenvalue weighted by Gasteiger charge is -2.06. The molecule has 1 saturated carbocycles. The van der Waals surface area contributed by atoms with Gasteiger partial charge in [-0.1, -0.05) is 11.6 Å². The van der Waals surface area contributed by atoms with Crippen molar-refractivity contribution in [3.63, 3.8) is 0 Å². The molecule has 90 valence electrons. The summed E-state index contributed by atoms with van der Waals surface area (Å²) < 4.78 is 24.3. The molecule has 1 N–H and O–H groups in total. The highest BCUT2D eigenvalue weighted by atomic mass is 35.5. The van der Waals surface area contributed by atoms with Crippen LogP contribution in [0.25, 0.3) is 0 Å². The zero-order valence-electron chi connectivity index (χ0n) is 8.80. The lowest BCUT2D eigenvalue weighted by Crippen LogP contribution is -2.18. The summed E-state index contributed by atoms with van der Waals surface area (Å²) in [4.78, 5) is 0.137. The van der Waals surface area contributed by atoms with Gasteiger partial charge in [-0.25, -0.2) is 8.42 Å². The van der Waals surface area contributed by atoms with Crippen LogP contribution < -0.4 is 0 Å². The molecule has 4 nitrogen and oxygen atoms in total. The van der Waals surface area contributed by atoms with Gasteiger partial charge in [0, 0.05) is 5.02 Å². The summed E-state index contributed by atoms with van der Waals surface area (Å²) in [5.74, 6) is 0. The summed E-state index contributed by atoms with van der Waals surface area (Å²) in [5.41, 5.74) is -1.13. The van der Waals surface area contributed by atoms with Gasteiger partial charge in [0.15, 0.2) is 9.84 Å². The average Bonchev–Trinajstić information content (AvgIpc) is 3.06. The van der Waals surface area contributed by atoms with Crippen molar-refractivity contribution < 1.29 is 13.5 Å². The number of halogens is 1. The molecule has 2 atom stereocenters. The summed E-state index contributed by atoms with van der Waals surface area (Å²) in [6.45, 7) is -0.430. The Morgan fingerprint density at radius 3 is 2.47 bits per heavy atom. The number of nitriles is 1. The number of hydrogen-bond acceptors (Lipinski definition) is 4. The van der Waals surface area contributed by atoms with Crippen LogP contribution in [0.5, 0.6) is 0 Å². The van der Waals surface area contributed by atoms with E-state index in [0.717, 1.165) is 0 Å². The summed E-state index contributed by atoms with van der Waals surface area (Å²) in [5, 5.41) is 17.6. The Balaban J connectivity index is 2.35. The van der Waals surface area contributed by atoms with E-state index in [-0.39, 0.29) is 11.3 Å². The Hall–Kier alpha value is -1.09. The first-order valence-electron chi connectivity index (χ1n) is 4.98. The van der Waals surface area contributed by atoms with Gasteiger partial charge < -0.3 is 5.11 Å². The van der Waals surface area contributed by atoms with E-state index in [1.54, 1.807) is 0 Å². The van der Waals surface area contributed by atoms with E-state index in [0.29, 0.717) is 5.02 Å². The Morgan fingerprint density at radius 1 is 1.47 bits per heavy atom. The summed E-state index contributed by atoms with van der Waals surface area (Å²) in [6, 6.07) is 7.69. The Labute approximate surface area is 104 Å². The van der Waals surface area contributed by atoms with Crippen LogP contribution in [0.2, 0.25) is 5.02 Å². The van der Waals surface area contributed by atoms with E-state index >= 15 is 0 Å². The van der Waals surface area contributed by atoms with Crippen molar-refractivity contribution in [1.29, 1.82) is 5.26 Å². The van der Waals surface area contributed by atoms with E-state index in [1.165, 1.54) is 24.3 Å². The van der Waals surface area contributed by atoms with Crippen molar-refractivity contribution in [3.8, 4) is 6.07 Å². The third-order valence-electron chi connectivity index (χ3n) is 3.03. The van der Waals surface area contributed by atoms with Crippen molar-refractivity contribution in [1.82, 2.24) is 0 Å². The molecule has 0 unspecified atom stereocenters. The van der Waals surface area contributed by atoms with Crippen molar-refractivity contribution in [2.45, 2.75) is 16.6 Å². The standard InChI is InChI=1S/C11H10ClNO3S/c12-8-1-3-9(4-2-8)17(15,16)10-5-11(10,6-13)7-14/h1-4,10,14H,5,7H2/t10-,11+/m1/s1. The van der Waals surface area contributed by atoms with E-state index in [2.05, 4.69) is 0 Å². The quantitative estimate of drug-likeness (QED) is 0.901. The maximum Gasteiger partial charge on any atom is 0.182 e. The van der Waals surface area contributed by atoms with Gasteiger partial charge in [0.25, 0.3) is 0 Å². The largest absolute Gasteiger partial charge is 0.395 e. The molecular weight excluding hydrogens is 262 g/mol. The first-order valence-corrected chi connectivity index (χ1v) is 6.90. The van der Waals surface area contributed by atoms with Gasteiger partial charge in [-0.3, -0.25) is 0 Å². The fourth-order valence-corrected chi connectivity index (χ4v) is 3.99. The van der Waals surface area contributed by atoms with Gasteiger partial charge in [0.2, 0.25) is 0 Å². The number of aliphatic hydroxyl groups excluding tert-OH is 1. The minimum absolute atomic E-state index is 0.137. The molecule has 0 spiro atoms. The smallest absolute Gasteiger partial charge is 0.182 e. The molecule has 1 aromatic rings. The second-order valence-corrected chi connectivity index (χ2v) is 6.68. The van der Waals surface area contributed by atoms with Crippen LogP contribution in [-0.4, -0.2) is 25.4 Å². The number of benzene rings is 1. The lowest BCUT2D eigenvalue weighted by atomic mass is 10.2. The number of aliphatic hydroxyl groups is 1. The lowest BCUT2D eigenvalue weighted by molar-refractivity contribution is 0.246. The predicted octanol–water partition coefficient (Wildman–Crippen LogP) is 1.39. The van der Waals surface area contributed by atoms with Crippen LogP contribution in [0.4, 0.5) is 0 Å². The maximum absolute atomic E-state index is 12.1. The SMILES string of the molecule is N#C[C@]1(CO)C[C@H]1S(=O)(=O)c1ccc(Cl)cc1. The molecule has 0 aromatic heterocycles. The van der Waals surface area contributed by atoms with Crippen LogP contribution >= 0.6 is 11.6 Å². The molecule has 1 fully saturated rings. The third kappa shape index (κ3) is 1.93. The third-order valence-corrected chi connectivity index (χ3v) is 5.58. The molecule has 0 radical (unpaired) electrons. The van der Waals surface area contributed by atoms with Gasteiger partial charge in [-0.2, -0.15) is 5.26 Å². The Morgan fingerprint density at radius 2 is 2.06 bits per heavy atom. The van der Waals surface area contributed by atoms with Crippen LogP contribution in [0.1, 0.15) is 6.42 Å². The minimum Gasteiger partial charge on any atom is -0.395 e. The van der Waals surface area contributed by atoms with Crippen LogP contribution in [0.3, 0.4) is 0 Å². The first kappa shape index (κ1) is 12.4. The average molecular weight is 272 g/mol. The Kier molecular flexibility index (Phi) is 2.90.